The van der Waals surface area contributed by atoms with Gasteiger partial charge < -0.3 is 30.4 Å². The molecule has 0 aliphatic carbocycles. The lowest BCUT2D eigenvalue weighted by Gasteiger charge is -2.30. The summed E-state index contributed by atoms with van der Waals surface area (Å²) in [6.45, 7) is 3.91. The van der Waals surface area contributed by atoms with Crippen molar-refractivity contribution < 1.29 is 20.1 Å². The minimum Gasteiger partial charge on any atom is -0.394 e. The van der Waals surface area contributed by atoms with Crippen molar-refractivity contribution in [2.24, 2.45) is 10.8 Å². The molecule has 0 radical (unpaired) electrons. The van der Waals surface area contributed by atoms with E-state index < -0.39 is 30.6 Å². The number of ether oxygens (including phenoxy) is 1. The summed E-state index contributed by atoms with van der Waals surface area (Å²) in [6, 6.07) is 0. The summed E-state index contributed by atoms with van der Waals surface area (Å²) in [5, 5.41) is 37.0. The van der Waals surface area contributed by atoms with Crippen LogP contribution in [0.15, 0.2) is 17.6 Å². The van der Waals surface area contributed by atoms with Crippen molar-refractivity contribution in [3.05, 3.63) is 18.1 Å². The lowest BCUT2D eigenvalue weighted by atomic mass is 10.0. The molecule has 10 heteroatoms. The first-order valence-electron chi connectivity index (χ1n) is 8.55. The van der Waals surface area contributed by atoms with Crippen LogP contribution in [0.4, 0.5) is 5.82 Å². The van der Waals surface area contributed by atoms with Gasteiger partial charge in [0.05, 0.1) is 12.0 Å². The Morgan fingerprint density at radius 1 is 1.35 bits per heavy atom. The number of aromatic nitrogens is 3. The molecule has 0 aromatic carbocycles. The second kappa shape index (κ2) is 5.88. The predicted octanol–water partition coefficient (Wildman–Crippen LogP) is -0.933. The molecule has 1 fully saturated rings. The molecule has 2 aromatic heterocycles. The predicted molar refractivity (Wildman–Crippen MR) is 93.5 cm³/mol. The smallest absolute Gasteiger partial charge is 0.172 e. The van der Waals surface area contributed by atoms with Crippen LogP contribution >= 0.6 is 0 Å². The van der Waals surface area contributed by atoms with Gasteiger partial charge in [-0.3, -0.25) is 0 Å². The van der Waals surface area contributed by atoms with E-state index in [4.69, 9.17) is 10.5 Å². The van der Waals surface area contributed by atoms with Crippen LogP contribution in [0.3, 0.4) is 0 Å². The zero-order chi connectivity index (χ0) is 18.6. The number of amidine groups is 1. The average Bonchev–Trinajstić information content (AvgIpc) is 3.13. The van der Waals surface area contributed by atoms with Gasteiger partial charge in [0, 0.05) is 18.3 Å². The highest BCUT2D eigenvalue weighted by molar-refractivity contribution is 6.14. The van der Waals surface area contributed by atoms with E-state index in [0.717, 1.165) is 6.42 Å². The molecule has 1 saturated heterocycles. The van der Waals surface area contributed by atoms with Gasteiger partial charge in [0.25, 0.3) is 0 Å². The van der Waals surface area contributed by atoms with Crippen LogP contribution < -0.4 is 10.7 Å². The third-order valence-corrected chi connectivity index (χ3v) is 5.05. The highest BCUT2D eigenvalue weighted by Gasteiger charge is 2.53. The zero-order valence-corrected chi connectivity index (χ0v) is 14.6. The first-order valence-corrected chi connectivity index (χ1v) is 8.55. The number of hydrogen-bond donors (Lipinski definition) is 4. The maximum absolute atomic E-state index is 10.6. The monoisotopic (exact) mass is 362 g/mol. The van der Waals surface area contributed by atoms with Gasteiger partial charge in [-0.2, -0.15) is 5.10 Å². The molecule has 10 nitrogen and oxygen atoms in total. The maximum Gasteiger partial charge on any atom is 0.172 e. The molecular formula is C16H22N6O4. The molecule has 5 N–H and O–H groups in total. The summed E-state index contributed by atoms with van der Waals surface area (Å²) in [4.78, 5) is 8.70. The van der Waals surface area contributed by atoms with E-state index >= 15 is 0 Å². The van der Waals surface area contributed by atoms with Gasteiger partial charge in [-0.1, -0.05) is 6.92 Å². The second-order valence-electron chi connectivity index (χ2n) is 6.75. The number of anilines is 1. The maximum atomic E-state index is 10.6. The van der Waals surface area contributed by atoms with E-state index in [1.807, 2.05) is 6.92 Å². The summed E-state index contributed by atoms with van der Waals surface area (Å²) in [5.74, 6) is 0.954. The van der Waals surface area contributed by atoms with Crippen LogP contribution in [-0.2, 0) is 10.5 Å². The summed E-state index contributed by atoms with van der Waals surface area (Å²) in [6.07, 6.45) is 0.600. The number of nitrogens with two attached hydrogens (primary N) is 1. The second-order valence-corrected chi connectivity index (χ2v) is 6.75. The molecule has 1 unspecified atom stereocenters. The van der Waals surface area contributed by atoms with E-state index in [-0.39, 0.29) is 0 Å². The van der Waals surface area contributed by atoms with Crippen LogP contribution in [0.1, 0.15) is 25.8 Å². The first-order chi connectivity index (χ1) is 12.4. The van der Waals surface area contributed by atoms with Crippen molar-refractivity contribution in [3.8, 4) is 0 Å². The molecule has 0 bridgehead atoms. The van der Waals surface area contributed by atoms with Crippen molar-refractivity contribution in [1.82, 2.24) is 14.5 Å². The quantitative estimate of drug-likeness (QED) is 0.546. The molecule has 2 aliphatic heterocycles. The fourth-order valence-electron chi connectivity index (χ4n) is 3.68. The molecule has 2 aliphatic rings. The van der Waals surface area contributed by atoms with Crippen LogP contribution in [0.25, 0.3) is 11.0 Å². The van der Waals surface area contributed by atoms with Crippen molar-refractivity contribution in [1.29, 1.82) is 0 Å². The third kappa shape index (κ3) is 2.16. The standard InChI is InChI=1S/C16H22N6O4/c1-3-4-22-15-10-8(13(17)20-22)5-21(14(10)18-7-19-15)16(2)12(25)11(24)9(6-23)26-16/h5,7,9,11-12,23-25H,3-4,6H2,1-2H3,(H2,17,20)/t9-,11-,12-,16?/m1/s1. The molecule has 4 atom stereocenters. The summed E-state index contributed by atoms with van der Waals surface area (Å²) in [7, 11) is 0. The number of nitrogens with zero attached hydrogens (tertiary/aromatic N) is 5. The van der Waals surface area contributed by atoms with E-state index in [1.165, 1.54) is 6.33 Å². The number of rotatable bonds is 4. The van der Waals surface area contributed by atoms with Gasteiger partial charge in [0.15, 0.2) is 17.4 Å². The topological polar surface area (TPSA) is 142 Å². The molecule has 4 heterocycles. The lowest BCUT2D eigenvalue weighted by molar-refractivity contribution is -0.132. The normalized spacial score (nSPS) is 30.9. The summed E-state index contributed by atoms with van der Waals surface area (Å²) < 4.78 is 7.43. The Labute approximate surface area is 149 Å². The third-order valence-electron chi connectivity index (χ3n) is 5.05. The van der Waals surface area contributed by atoms with Gasteiger partial charge in [-0.15, -0.1) is 0 Å². The van der Waals surface area contributed by atoms with Crippen LogP contribution in [0.2, 0.25) is 0 Å². The summed E-state index contributed by atoms with van der Waals surface area (Å²) in [5.41, 5.74) is 5.97. The average molecular weight is 362 g/mol. The van der Waals surface area contributed by atoms with Gasteiger partial charge >= 0.3 is 0 Å². The number of hydrazone groups is 1. The van der Waals surface area contributed by atoms with Crippen molar-refractivity contribution in [2.75, 3.05) is 18.2 Å². The molecule has 4 rings (SSSR count). The molecule has 0 amide bonds. The van der Waals surface area contributed by atoms with E-state index in [0.29, 0.717) is 34.8 Å². The highest BCUT2D eigenvalue weighted by atomic mass is 16.6. The Morgan fingerprint density at radius 2 is 2.12 bits per heavy atom. The molecule has 140 valence electrons. The first kappa shape index (κ1) is 17.2. The zero-order valence-electron chi connectivity index (χ0n) is 14.6. The molecule has 26 heavy (non-hydrogen) atoms. The SMILES string of the molecule is CCCN1N=C(N)c2cn(C3(C)O[C@H](CO)[C@@H](O)[C@H]3O)c3ncnc1c23. The van der Waals surface area contributed by atoms with Crippen molar-refractivity contribution >= 4 is 22.7 Å². The van der Waals surface area contributed by atoms with Crippen LogP contribution in [0.5, 0.6) is 0 Å². The van der Waals surface area contributed by atoms with Crippen molar-refractivity contribution in [2.45, 2.75) is 44.3 Å². The molecule has 0 saturated carbocycles. The Balaban J connectivity index is 1.91. The molecular weight excluding hydrogens is 340 g/mol. The fraction of sp³-hybridized carbons (Fsp3) is 0.562. The molecule has 0 spiro atoms. The Bertz CT molecular complexity index is 883. The Kier molecular flexibility index (Phi) is 3.88. The number of hydrogen-bond acceptors (Lipinski definition) is 9. The van der Waals surface area contributed by atoms with E-state index in [1.54, 1.807) is 22.7 Å². The Hall–Kier alpha value is -2.27. The molecule has 2 aromatic rings. The highest BCUT2D eigenvalue weighted by Crippen LogP contribution is 2.40. The fourth-order valence-corrected chi connectivity index (χ4v) is 3.68. The minimum absolute atomic E-state index is 0.319. The van der Waals surface area contributed by atoms with Gasteiger partial charge in [0.2, 0.25) is 0 Å². The van der Waals surface area contributed by atoms with E-state index in [2.05, 4.69) is 15.1 Å². The number of aliphatic hydroxyl groups excluding tert-OH is 3. The summed E-state index contributed by atoms with van der Waals surface area (Å²) >= 11 is 0. The van der Waals surface area contributed by atoms with Crippen LogP contribution in [0, 0.1) is 0 Å². The number of aliphatic hydroxyl groups is 3. The van der Waals surface area contributed by atoms with Crippen molar-refractivity contribution in [3.63, 3.8) is 0 Å². The minimum atomic E-state index is -1.32. The van der Waals surface area contributed by atoms with Gasteiger partial charge in [-0.05, 0) is 13.3 Å². The lowest BCUT2D eigenvalue weighted by Crippen LogP contribution is -2.43. The Morgan fingerprint density at radius 3 is 2.77 bits per heavy atom. The largest absolute Gasteiger partial charge is 0.394 e. The van der Waals surface area contributed by atoms with Crippen LogP contribution in [-0.4, -0.2) is 67.2 Å². The van der Waals surface area contributed by atoms with E-state index in [9.17, 15) is 15.3 Å². The van der Waals surface area contributed by atoms with Gasteiger partial charge in [0.1, 0.15) is 30.3 Å². The van der Waals surface area contributed by atoms with Gasteiger partial charge in [-0.25, -0.2) is 15.0 Å².